The fourth-order valence-corrected chi connectivity index (χ4v) is 4.07. The predicted octanol–water partition coefficient (Wildman–Crippen LogP) is 2.25. The van der Waals surface area contributed by atoms with Gasteiger partial charge in [0.1, 0.15) is 5.70 Å². The van der Waals surface area contributed by atoms with E-state index >= 15 is 0 Å². The third-order valence-electron chi connectivity index (χ3n) is 4.26. The molecule has 2 aromatic rings. The first-order valence-corrected chi connectivity index (χ1v) is 10.2. The Morgan fingerprint density at radius 3 is 2.86 bits per heavy atom. The quantitative estimate of drug-likeness (QED) is 0.560. The minimum Gasteiger partial charge on any atom is -0.298 e. The number of nitrogens with one attached hydrogen (secondary N) is 1. The predicted molar refractivity (Wildman–Crippen MR) is 110 cm³/mol. The van der Waals surface area contributed by atoms with Crippen molar-refractivity contribution in [1.82, 2.24) is 10.3 Å². The lowest BCUT2D eigenvalue weighted by Crippen LogP contribution is -2.50. The molecule has 2 aliphatic rings. The minimum atomic E-state index is -0.816. The molecule has 4 rings (SSSR count). The van der Waals surface area contributed by atoms with Crippen LogP contribution in [0.5, 0.6) is 0 Å². The fraction of sp³-hybridized carbons (Fsp3) is 0.167. The van der Waals surface area contributed by atoms with Crippen LogP contribution in [0.25, 0.3) is 5.70 Å². The number of benzene rings is 2. The molecule has 0 spiro atoms. The maximum atomic E-state index is 12.9. The van der Waals surface area contributed by atoms with Gasteiger partial charge in [0.2, 0.25) is 0 Å². The highest BCUT2D eigenvalue weighted by molar-refractivity contribution is 9.10. The monoisotopic (exact) mass is 459 g/mol. The number of halogens is 1. The Balaban J connectivity index is 2.01. The average molecular weight is 460 g/mol. The first-order chi connectivity index (χ1) is 13.5. The number of para-hydroxylation sites is 1. The van der Waals surface area contributed by atoms with Crippen molar-refractivity contribution in [3.05, 3.63) is 73.2 Å². The van der Waals surface area contributed by atoms with Gasteiger partial charge in [-0.2, -0.15) is 0 Å². The van der Waals surface area contributed by atoms with Crippen LogP contribution in [-0.2, 0) is 4.79 Å². The molecule has 0 radical (unpaired) electrons. The molecule has 1 amide bonds. The van der Waals surface area contributed by atoms with Gasteiger partial charge < -0.3 is 0 Å². The summed E-state index contributed by atoms with van der Waals surface area (Å²) in [5.41, 5.74) is 0.620. The second-order valence-corrected chi connectivity index (χ2v) is 8.13. The molecule has 0 saturated carbocycles. The van der Waals surface area contributed by atoms with Gasteiger partial charge in [0.05, 0.1) is 15.8 Å². The Bertz CT molecular complexity index is 1150. The molecule has 10 heteroatoms. The molecular weight excluding hydrogens is 446 g/mol. The number of hydrogen-bond donors (Lipinski definition) is 1. The Hall–Kier alpha value is -2.72. The highest BCUT2D eigenvalue weighted by Gasteiger charge is 2.37. The van der Waals surface area contributed by atoms with E-state index in [0.717, 1.165) is 10.2 Å². The summed E-state index contributed by atoms with van der Waals surface area (Å²) in [4.78, 5) is 28.7. The lowest BCUT2D eigenvalue weighted by atomic mass is 10.1. The van der Waals surface area contributed by atoms with Gasteiger partial charge in [0.25, 0.3) is 11.6 Å². The van der Waals surface area contributed by atoms with Crippen LogP contribution in [-0.4, -0.2) is 26.8 Å². The molecule has 28 heavy (non-hydrogen) atoms. The number of nitro groups is 1. The molecule has 2 heterocycles. The number of hydrazone groups is 1. The van der Waals surface area contributed by atoms with Crippen molar-refractivity contribution in [1.29, 1.82) is 0 Å². The number of rotatable bonds is 3. The van der Waals surface area contributed by atoms with E-state index in [2.05, 4.69) is 26.3 Å². The smallest absolute Gasteiger partial charge is 0.276 e. The number of carbonyl (C=O) groups excluding carboxylic acids is 1. The van der Waals surface area contributed by atoms with Gasteiger partial charge in [0, 0.05) is 15.8 Å². The zero-order valence-corrected chi connectivity index (χ0v) is 17.0. The molecule has 0 aromatic heterocycles. The number of fused-ring (bicyclic) bond motifs is 2. The van der Waals surface area contributed by atoms with E-state index in [9.17, 15) is 14.9 Å². The summed E-state index contributed by atoms with van der Waals surface area (Å²) >= 11 is 4.80. The van der Waals surface area contributed by atoms with Crippen molar-refractivity contribution in [2.45, 2.75) is 13.1 Å². The zero-order chi connectivity index (χ0) is 19.8. The molecule has 1 N–H and O–H groups in total. The van der Waals surface area contributed by atoms with Gasteiger partial charge in [-0.1, -0.05) is 46.7 Å². The van der Waals surface area contributed by atoms with E-state index in [1.165, 1.54) is 22.8 Å². The van der Waals surface area contributed by atoms with Crippen molar-refractivity contribution in [3.8, 4) is 0 Å². The maximum Gasteiger partial charge on any atom is 0.276 e. The Kier molecular flexibility index (Phi) is 4.90. The number of hydrogen-bond acceptors (Lipinski definition) is 7. The van der Waals surface area contributed by atoms with Crippen molar-refractivity contribution in [2.24, 2.45) is 10.1 Å². The van der Waals surface area contributed by atoms with Gasteiger partial charge in [-0.3, -0.25) is 25.2 Å². The molecule has 0 aliphatic carbocycles. The van der Waals surface area contributed by atoms with Gasteiger partial charge in [-0.25, -0.2) is 5.01 Å². The normalized spacial score (nSPS) is 17.9. The van der Waals surface area contributed by atoms with Crippen LogP contribution in [0.15, 0.2) is 57.0 Å². The molecule has 2 aromatic carbocycles. The summed E-state index contributed by atoms with van der Waals surface area (Å²) in [7, 11) is 0. The summed E-state index contributed by atoms with van der Waals surface area (Å²) < 4.78 is 0.795. The van der Waals surface area contributed by atoms with Gasteiger partial charge in [-0.15, -0.1) is 5.10 Å². The fourth-order valence-electron chi connectivity index (χ4n) is 3.13. The minimum absolute atomic E-state index is 0.0676. The Morgan fingerprint density at radius 1 is 1.32 bits per heavy atom. The number of nitrogens with zero attached hydrogens (tertiary/aromatic N) is 4. The zero-order valence-electron chi connectivity index (χ0n) is 14.6. The summed E-state index contributed by atoms with van der Waals surface area (Å²) in [6.07, 6.45) is -0.816. The van der Waals surface area contributed by atoms with Gasteiger partial charge >= 0.3 is 0 Å². The van der Waals surface area contributed by atoms with Crippen LogP contribution in [0.2, 0.25) is 0 Å². The third-order valence-corrected chi connectivity index (χ3v) is 5.50. The second kappa shape index (κ2) is 7.36. The van der Waals surface area contributed by atoms with Gasteiger partial charge in [0.15, 0.2) is 11.3 Å². The molecule has 8 nitrogen and oxygen atoms in total. The standard InChI is InChI=1S/C18H14BrN5O3S/c1-2-28-18-21-17(25)15-12-9-10(19)7-8-13(12)20-16(23(15)22-18)11-5-3-4-6-14(11)24(26)27/h3-9,16H,2H2,1H3,(H,21,22,25)/t16-/m1/s1. The molecule has 0 fully saturated rings. The topological polar surface area (TPSA) is 100 Å². The molecule has 1 atom stereocenters. The van der Waals surface area contributed by atoms with Crippen LogP contribution < -0.4 is 15.9 Å². The lowest BCUT2D eigenvalue weighted by Gasteiger charge is -2.33. The largest absolute Gasteiger partial charge is 0.298 e. The van der Waals surface area contributed by atoms with Crippen molar-refractivity contribution in [2.75, 3.05) is 5.75 Å². The van der Waals surface area contributed by atoms with Crippen molar-refractivity contribution in [3.63, 3.8) is 0 Å². The third kappa shape index (κ3) is 3.18. The molecule has 0 bridgehead atoms. The Labute approximate surface area is 172 Å². The van der Waals surface area contributed by atoms with Crippen LogP contribution in [0.1, 0.15) is 18.7 Å². The first-order valence-electron chi connectivity index (χ1n) is 8.42. The maximum absolute atomic E-state index is 12.9. The van der Waals surface area contributed by atoms with E-state index in [4.69, 9.17) is 4.99 Å². The van der Waals surface area contributed by atoms with E-state index in [-0.39, 0.29) is 11.6 Å². The summed E-state index contributed by atoms with van der Waals surface area (Å²) in [6.45, 7) is 1.95. The summed E-state index contributed by atoms with van der Waals surface area (Å²) in [5.74, 6) is 0.404. The Morgan fingerprint density at radius 2 is 2.11 bits per heavy atom. The van der Waals surface area contributed by atoms with E-state index in [1.807, 2.05) is 13.0 Å². The molecule has 0 saturated heterocycles. The number of thioether (sulfide) groups is 1. The average Bonchev–Trinajstić information content (AvgIpc) is 2.67. The molecule has 0 unspecified atom stereocenters. The molecular formula is C18H14BrN5O3S. The highest BCUT2D eigenvalue weighted by atomic mass is 79.9. The first kappa shape index (κ1) is 18.6. The van der Waals surface area contributed by atoms with E-state index in [0.29, 0.717) is 27.0 Å². The number of amides is 1. The number of amidine groups is 1. The molecule has 142 valence electrons. The second-order valence-electron chi connectivity index (χ2n) is 5.97. The molecule has 2 aliphatic heterocycles. The van der Waals surface area contributed by atoms with Crippen LogP contribution in [0, 0.1) is 10.1 Å². The SMILES string of the molecule is CCSC1=NN2C(=c3cc(Br)ccc3=N[C@H]2c2ccccc2[N+](=O)[O-])C(=O)N1. The van der Waals surface area contributed by atoms with E-state index in [1.54, 1.807) is 30.3 Å². The summed E-state index contributed by atoms with van der Waals surface area (Å²) in [6, 6.07) is 11.8. The van der Waals surface area contributed by atoms with Crippen molar-refractivity contribution >= 4 is 50.2 Å². The summed E-state index contributed by atoms with van der Waals surface area (Å²) in [5, 5.41) is 22.0. The van der Waals surface area contributed by atoms with Crippen molar-refractivity contribution < 1.29 is 9.72 Å². The lowest BCUT2D eigenvalue weighted by molar-refractivity contribution is -0.385. The van der Waals surface area contributed by atoms with Gasteiger partial charge in [-0.05, 0) is 30.0 Å². The number of nitro benzene ring substituents is 1. The van der Waals surface area contributed by atoms with Crippen LogP contribution in [0.4, 0.5) is 5.69 Å². The van der Waals surface area contributed by atoms with E-state index < -0.39 is 11.1 Å². The number of carbonyl (C=O) groups is 1. The highest BCUT2D eigenvalue weighted by Crippen LogP contribution is 2.35. The van der Waals surface area contributed by atoms with Crippen LogP contribution >= 0.6 is 27.7 Å². The van der Waals surface area contributed by atoms with Crippen LogP contribution in [0.3, 0.4) is 0 Å².